The molecule has 1 spiro atoms. The van der Waals surface area contributed by atoms with E-state index >= 15 is 0 Å². The molecule has 1 aliphatic carbocycles. The van der Waals surface area contributed by atoms with Gasteiger partial charge in [0.15, 0.2) is 11.5 Å². The number of pyridine rings is 1. The second-order valence-electron chi connectivity index (χ2n) is 8.26. The highest BCUT2D eigenvalue weighted by molar-refractivity contribution is 7.99. The van der Waals surface area contributed by atoms with Crippen molar-refractivity contribution in [2.75, 3.05) is 14.2 Å². The number of methoxy groups -OCH3 is 2. The molecule has 0 saturated carbocycles. The van der Waals surface area contributed by atoms with Gasteiger partial charge >= 0.3 is 0 Å². The molecule has 0 radical (unpaired) electrons. The zero-order valence-corrected chi connectivity index (χ0v) is 20.6. The van der Waals surface area contributed by atoms with Gasteiger partial charge in [0.2, 0.25) is 11.4 Å². The number of carbonyl (C=O) groups is 2. The van der Waals surface area contributed by atoms with E-state index in [1.165, 1.54) is 38.1 Å². The van der Waals surface area contributed by atoms with Crippen LogP contribution in [0.5, 0.6) is 17.2 Å². The number of nitriles is 1. The Labute approximate surface area is 211 Å². The molecular weight excluding hydrogens is 488 g/mol. The minimum atomic E-state index is -1.60. The number of hydrogen-bond acceptors (Lipinski definition) is 8. The van der Waals surface area contributed by atoms with Gasteiger partial charge in [-0.2, -0.15) is 5.26 Å². The van der Waals surface area contributed by atoms with Crippen LogP contribution in [-0.4, -0.2) is 30.8 Å². The van der Waals surface area contributed by atoms with Crippen LogP contribution in [0.3, 0.4) is 0 Å². The van der Waals surface area contributed by atoms with Crippen molar-refractivity contribution < 1.29 is 23.8 Å². The van der Waals surface area contributed by atoms with Crippen LogP contribution in [0, 0.1) is 17.2 Å². The Hall–Kier alpha value is -3.54. The smallest absolute Gasteiger partial charge is 0.220 e. The van der Waals surface area contributed by atoms with Gasteiger partial charge in [0.25, 0.3) is 0 Å². The molecule has 7 nitrogen and oxygen atoms in total. The molecule has 0 saturated heterocycles. The molecule has 2 aliphatic rings. The summed E-state index contributed by atoms with van der Waals surface area (Å²) in [5.74, 6) is -0.488. The Morgan fingerprint density at radius 3 is 2.54 bits per heavy atom. The molecule has 2 aromatic carbocycles. The van der Waals surface area contributed by atoms with Crippen molar-refractivity contribution in [3.05, 3.63) is 69.9 Å². The van der Waals surface area contributed by atoms with Crippen LogP contribution in [0.2, 0.25) is 5.02 Å². The fourth-order valence-electron chi connectivity index (χ4n) is 4.60. The lowest BCUT2D eigenvalue weighted by atomic mass is 9.71. The lowest BCUT2D eigenvalue weighted by Gasteiger charge is -2.37. The maximum absolute atomic E-state index is 14.1. The highest BCUT2D eigenvalue weighted by Crippen LogP contribution is 2.56. The molecule has 0 fully saturated rings. The Morgan fingerprint density at radius 1 is 1.17 bits per heavy atom. The first-order valence-electron chi connectivity index (χ1n) is 10.8. The molecule has 176 valence electrons. The first-order chi connectivity index (χ1) is 16.8. The molecule has 0 bridgehead atoms. The number of Topliss-reactive ketones (excluding diaryl/α,β-unsaturated/α-hetero) is 2. The number of fused-ring (bicyclic) bond motifs is 3. The van der Waals surface area contributed by atoms with Gasteiger partial charge in [-0.1, -0.05) is 48.5 Å². The summed E-state index contributed by atoms with van der Waals surface area (Å²) in [5.41, 5.74) is -0.809. The topological polar surface area (TPSA) is 98.5 Å². The first-order valence-corrected chi connectivity index (χ1v) is 11.9. The number of ether oxygens (including phenoxy) is 3. The molecule has 0 unspecified atom stereocenters. The van der Waals surface area contributed by atoms with E-state index in [0.29, 0.717) is 10.8 Å². The predicted octanol–water partition coefficient (Wildman–Crippen LogP) is 5.47. The Balaban J connectivity index is 1.75. The normalized spacial score (nSPS) is 20.1. The monoisotopic (exact) mass is 506 g/mol. The van der Waals surface area contributed by atoms with Crippen molar-refractivity contribution in [2.45, 2.75) is 28.9 Å². The molecule has 1 aromatic heterocycles. The number of carbonyl (C=O) groups excluding carboxylic acids is 2. The van der Waals surface area contributed by atoms with Crippen LogP contribution in [0.25, 0.3) is 0 Å². The molecule has 9 heteroatoms. The van der Waals surface area contributed by atoms with Crippen LogP contribution in [0.1, 0.15) is 45.3 Å². The summed E-state index contributed by atoms with van der Waals surface area (Å²) in [7, 11) is 2.89. The molecule has 3 aromatic rings. The van der Waals surface area contributed by atoms with Crippen molar-refractivity contribution in [3.63, 3.8) is 0 Å². The predicted molar refractivity (Wildman–Crippen MR) is 129 cm³/mol. The van der Waals surface area contributed by atoms with Gasteiger partial charge in [0.1, 0.15) is 38.9 Å². The van der Waals surface area contributed by atoms with E-state index in [1.807, 2.05) is 30.3 Å². The number of halogens is 1. The lowest BCUT2D eigenvalue weighted by Crippen LogP contribution is -2.49. The number of rotatable bonds is 4. The number of hydrogen-bond donors (Lipinski definition) is 0. The number of benzene rings is 2. The summed E-state index contributed by atoms with van der Waals surface area (Å²) in [6.45, 7) is 1.77. The van der Waals surface area contributed by atoms with Gasteiger partial charge in [-0.3, -0.25) is 9.59 Å². The molecule has 0 amide bonds. The van der Waals surface area contributed by atoms with Crippen LogP contribution < -0.4 is 14.2 Å². The second-order valence-corrected chi connectivity index (χ2v) is 9.70. The summed E-state index contributed by atoms with van der Waals surface area (Å²) in [5, 5.41) is 10.3. The summed E-state index contributed by atoms with van der Waals surface area (Å²) >= 11 is 7.82. The second kappa shape index (κ2) is 8.59. The molecular formula is C26H19ClN2O5S. The summed E-state index contributed by atoms with van der Waals surface area (Å²) in [6.07, 6.45) is 0.0432. The van der Waals surface area contributed by atoms with Gasteiger partial charge in [-0.05, 0) is 18.2 Å². The fraction of sp³-hybridized carbons (Fsp3) is 0.231. The zero-order chi connectivity index (χ0) is 24.9. The zero-order valence-electron chi connectivity index (χ0n) is 19.0. The van der Waals surface area contributed by atoms with Crippen molar-refractivity contribution in [3.8, 4) is 23.3 Å². The molecule has 0 N–H and O–H groups in total. The SMILES string of the molecule is COc1cc(OC)c2c(c1Cl)O[C@]1(C2=O)c2nc(Sc3ccccc3)c(C#N)cc2C(=O)C[C@H]1C. The summed E-state index contributed by atoms with van der Waals surface area (Å²) in [6, 6.07) is 14.6. The van der Waals surface area contributed by atoms with Gasteiger partial charge in [-0.25, -0.2) is 4.98 Å². The maximum Gasteiger partial charge on any atom is 0.220 e. The third-order valence-corrected chi connectivity index (χ3v) is 7.69. The minimum Gasteiger partial charge on any atom is -0.496 e. The highest BCUT2D eigenvalue weighted by Gasteiger charge is 2.60. The van der Waals surface area contributed by atoms with Gasteiger partial charge in [0.05, 0.1) is 19.8 Å². The molecule has 5 rings (SSSR count). The quantitative estimate of drug-likeness (QED) is 0.459. The van der Waals surface area contributed by atoms with E-state index < -0.39 is 17.3 Å². The first kappa shape index (κ1) is 23.2. The van der Waals surface area contributed by atoms with Crippen molar-refractivity contribution in [1.82, 2.24) is 4.98 Å². The van der Waals surface area contributed by atoms with Crippen molar-refractivity contribution >= 4 is 34.9 Å². The molecule has 2 atom stereocenters. The Kier molecular flexibility index (Phi) is 5.70. The Morgan fingerprint density at radius 2 is 1.89 bits per heavy atom. The standard InChI is InChI=1S/C26H19ClN2O5S/c1-13-9-17(30)16-10-14(12-28)25(35-15-7-5-4-6-8-15)29-23(16)26(13)24(31)20-18(32-2)11-19(33-3)21(27)22(20)34-26/h4-8,10-11,13H,9H2,1-3H3/t13-,26+/m1/s1. The molecule has 1 aliphatic heterocycles. The number of nitrogens with zero attached hydrogens (tertiary/aromatic N) is 2. The highest BCUT2D eigenvalue weighted by atomic mass is 35.5. The van der Waals surface area contributed by atoms with Gasteiger partial charge in [0, 0.05) is 28.9 Å². The molecule has 35 heavy (non-hydrogen) atoms. The van der Waals surface area contributed by atoms with Crippen LogP contribution in [0.4, 0.5) is 0 Å². The van der Waals surface area contributed by atoms with Crippen LogP contribution in [-0.2, 0) is 5.60 Å². The largest absolute Gasteiger partial charge is 0.496 e. The minimum absolute atomic E-state index is 0.0432. The number of ketones is 2. The summed E-state index contributed by atoms with van der Waals surface area (Å²) in [4.78, 5) is 32.7. The van der Waals surface area contributed by atoms with Gasteiger partial charge < -0.3 is 14.2 Å². The van der Waals surface area contributed by atoms with Crippen LogP contribution in [0.15, 0.2) is 52.4 Å². The Bertz CT molecular complexity index is 1440. The van der Waals surface area contributed by atoms with Crippen molar-refractivity contribution in [1.29, 1.82) is 5.26 Å². The number of aromatic nitrogens is 1. The van der Waals surface area contributed by atoms with Crippen molar-refractivity contribution in [2.24, 2.45) is 5.92 Å². The van der Waals surface area contributed by atoms with Crippen LogP contribution >= 0.6 is 23.4 Å². The third-order valence-electron chi connectivity index (χ3n) is 6.32. The molecule has 2 heterocycles. The average molecular weight is 507 g/mol. The van der Waals surface area contributed by atoms with Gasteiger partial charge in [-0.15, -0.1) is 0 Å². The van der Waals surface area contributed by atoms with E-state index in [9.17, 15) is 14.9 Å². The summed E-state index contributed by atoms with van der Waals surface area (Å²) < 4.78 is 17.2. The van der Waals surface area contributed by atoms with E-state index in [4.69, 9.17) is 30.8 Å². The van der Waals surface area contributed by atoms with E-state index in [1.54, 1.807) is 6.92 Å². The van der Waals surface area contributed by atoms with E-state index in [-0.39, 0.29) is 51.1 Å². The fourth-order valence-corrected chi connectivity index (χ4v) is 5.73. The van der Waals surface area contributed by atoms with E-state index in [0.717, 1.165) is 4.90 Å². The average Bonchev–Trinajstić information content (AvgIpc) is 3.18. The third kappa shape index (κ3) is 3.38. The maximum atomic E-state index is 14.1. The van der Waals surface area contributed by atoms with E-state index in [2.05, 4.69) is 6.07 Å². The lowest BCUT2D eigenvalue weighted by molar-refractivity contribution is 0.0189.